The fourth-order valence-electron chi connectivity index (χ4n) is 2.56. The predicted octanol–water partition coefficient (Wildman–Crippen LogP) is 3.11. The molecule has 7 heteroatoms. The van der Waals surface area contributed by atoms with Crippen molar-refractivity contribution in [2.75, 3.05) is 13.2 Å². The lowest BCUT2D eigenvalue weighted by Gasteiger charge is -2.15. The smallest absolute Gasteiger partial charge is 0.340 e. The zero-order valence-electron chi connectivity index (χ0n) is 14.3. The summed E-state index contributed by atoms with van der Waals surface area (Å²) in [7, 11) is 1.64. The topological polar surface area (TPSA) is 77.8 Å². The van der Waals surface area contributed by atoms with Crippen molar-refractivity contribution >= 4 is 23.5 Å². The third kappa shape index (κ3) is 4.03. The molecule has 25 heavy (non-hydrogen) atoms. The Hall–Kier alpha value is -2.31. The molecule has 0 spiro atoms. The zero-order chi connectivity index (χ0) is 18.6. The Morgan fingerprint density at radius 2 is 1.68 bits per heavy atom. The Balaban J connectivity index is 2.57. The van der Waals surface area contributed by atoms with Crippen LogP contribution in [-0.2, 0) is 16.5 Å². The van der Waals surface area contributed by atoms with Gasteiger partial charge in [-0.3, -0.25) is 0 Å². The van der Waals surface area contributed by atoms with Gasteiger partial charge in [0.25, 0.3) is 0 Å². The summed E-state index contributed by atoms with van der Waals surface area (Å²) in [6, 6.07) is 6.58. The van der Waals surface area contributed by atoms with Crippen molar-refractivity contribution in [3.05, 3.63) is 57.9 Å². The first-order valence-corrected chi connectivity index (χ1v) is 8.25. The van der Waals surface area contributed by atoms with E-state index in [4.69, 9.17) is 21.1 Å². The van der Waals surface area contributed by atoms with E-state index in [1.165, 1.54) is 10.8 Å². The summed E-state index contributed by atoms with van der Waals surface area (Å²) in [6.07, 6.45) is 0.323. The molecule has 0 radical (unpaired) electrons. The molecule has 0 aliphatic rings. The number of esters is 2. The number of nitrogens with zero attached hydrogens (tertiary/aromatic N) is 1. The molecule has 0 saturated carbocycles. The summed E-state index contributed by atoms with van der Waals surface area (Å²) in [6.45, 7) is 3.66. The van der Waals surface area contributed by atoms with E-state index in [9.17, 15) is 14.7 Å². The van der Waals surface area contributed by atoms with Crippen LogP contribution in [0.5, 0.6) is 0 Å². The highest BCUT2D eigenvalue weighted by Crippen LogP contribution is 2.30. The minimum Gasteiger partial charge on any atom is -0.462 e. The van der Waals surface area contributed by atoms with Gasteiger partial charge in [0.2, 0.25) is 0 Å². The average molecular weight is 366 g/mol. The van der Waals surface area contributed by atoms with Crippen LogP contribution in [0.3, 0.4) is 0 Å². The van der Waals surface area contributed by atoms with E-state index < -0.39 is 18.0 Å². The molecule has 0 aliphatic heterocycles. The summed E-state index contributed by atoms with van der Waals surface area (Å²) in [5.74, 6) is -1.33. The molecule has 134 valence electrons. The minimum atomic E-state index is -1.13. The lowest BCUT2D eigenvalue weighted by molar-refractivity contribution is 0.0477. The molecule has 0 aliphatic carbocycles. The molecule has 1 N–H and O–H groups in total. The average Bonchev–Trinajstić information content (AvgIpc) is 2.93. The normalized spacial score (nSPS) is 11.9. The van der Waals surface area contributed by atoms with Gasteiger partial charge in [0, 0.05) is 18.3 Å². The molecule has 0 saturated heterocycles. The largest absolute Gasteiger partial charge is 0.462 e. The van der Waals surface area contributed by atoms with Crippen LogP contribution in [0, 0.1) is 0 Å². The predicted molar refractivity (Wildman–Crippen MR) is 92.8 cm³/mol. The van der Waals surface area contributed by atoms with E-state index >= 15 is 0 Å². The maximum atomic E-state index is 12.4. The number of halogens is 1. The first-order valence-electron chi connectivity index (χ1n) is 7.87. The third-order valence-corrected chi connectivity index (χ3v) is 3.90. The number of aliphatic hydroxyl groups excluding tert-OH is 1. The van der Waals surface area contributed by atoms with Crippen molar-refractivity contribution in [1.29, 1.82) is 0 Å². The van der Waals surface area contributed by atoms with Gasteiger partial charge in [-0.1, -0.05) is 23.7 Å². The van der Waals surface area contributed by atoms with Gasteiger partial charge in [0.1, 0.15) is 6.10 Å². The molecule has 1 unspecified atom stereocenters. The Labute approximate surface area is 150 Å². The van der Waals surface area contributed by atoms with Gasteiger partial charge >= 0.3 is 11.9 Å². The second kappa shape index (κ2) is 8.18. The molecule has 6 nitrogen and oxygen atoms in total. The summed E-state index contributed by atoms with van der Waals surface area (Å²) in [5, 5.41) is 11.3. The molecule has 0 fully saturated rings. The van der Waals surface area contributed by atoms with E-state index in [1.807, 2.05) is 0 Å². The number of aryl methyl sites for hydroxylation is 1. The summed E-state index contributed by atoms with van der Waals surface area (Å²) >= 11 is 5.87. The number of carbonyl (C=O) groups excluding carboxylic acids is 2. The molecule has 2 aromatic rings. The summed E-state index contributed by atoms with van der Waals surface area (Å²) in [5.41, 5.74) is 0.853. The highest BCUT2D eigenvalue weighted by Gasteiger charge is 2.31. The Morgan fingerprint density at radius 3 is 2.24 bits per heavy atom. The minimum absolute atomic E-state index is 0.00486. The molecular weight excluding hydrogens is 346 g/mol. The second-order valence-corrected chi connectivity index (χ2v) is 5.75. The van der Waals surface area contributed by atoms with Crippen molar-refractivity contribution in [1.82, 2.24) is 4.57 Å². The van der Waals surface area contributed by atoms with Gasteiger partial charge in [-0.2, -0.15) is 0 Å². The number of benzene rings is 1. The van der Waals surface area contributed by atoms with Crippen molar-refractivity contribution in [3.63, 3.8) is 0 Å². The van der Waals surface area contributed by atoms with E-state index in [0.717, 1.165) is 0 Å². The van der Waals surface area contributed by atoms with Crippen molar-refractivity contribution in [2.45, 2.75) is 20.0 Å². The van der Waals surface area contributed by atoms with Crippen molar-refractivity contribution in [2.24, 2.45) is 7.05 Å². The van der Waals surface area contributed by atoms with Crippen LogP contribution in [0.1, 0.15) is 51.9 Å². The van der Waals surface area contributed by atoms with Gasteiger partial charge in [0.05, 0.1) is 30.0 Å². The van der Waals surface area contributed by atoms with E-state index in [0.29, 0.717) is 10.6 Å². The number of carbonyl (C=O) groups is 2. The number of aromatic nitrogens is 1. The zero-order valence-corrected chi connectivity index (χ0v) is 15.0. The van der Waals surface area contributed by atoms with Crippen molar-refractivity contribution in [3.8, 4) is 0 Å². The molecule has 1 atom stereocenters. The van der Waals surface area contributed by atoms with E-state index in [2.05, 4.69) is 0 Å². The van der Waals surface area contributed by atoms with Crippen LogP contribution in [0.25, 0.3) is 0 Å². The fraction of sp³-hybridized carbons (Fsp3) is 0.333. The maximum Gasteiger partial charge on any atom is 0.340 e. The van der Waals surface area contributed by atoms with Gasteiger partial charge in [0.15, 0.2) is 0 Å². The van der Waals surface area contributed by atoms with Gasteiger partial charge in [-0.15, -0.1) is 0 Å². The highest BCUT2D eigenvalue weighted by molar-refractivity contribution is 6.30. The Bertz CT molecular complexity index is 767. The third-order valence-electron chi connectivity index (χ3n) is 3.65. The van der Waals surface area contributed by atoms with Crippen LogP contribution in [0.4, 0.5) is 0 Å². The van der Waals surface area contributed by atoms with Crippen molar-refractivity contribution < 1.29 is 24.2 Å². The molecular formula is C18H20ClNO5. The van der Waals surface area contributed by atoms with Crippen LogP contribution in [0.2, 0.25) is 5.02 Å². The van der Waals surface area contributed by atoms with Gasteiger partial charge in [-0.05, 0) is 31.5 Å². The van der Waals surface area contributed by atoms with Crippen LogP contribution >= 0.6 is 11.6 Å². The number of aliphatic hydroxyl groups is 1. The quantitative estimate of drug-likeness (QED) is 0.796. The highest BCUT2D eigenvalue weighted by atomic mass is 35.5. The van der Waals surface area contributed by atoms with Crippen LogP contribution < -0.4 is 0 Å². The molecule has 0 amide bonds. The SMILES string of the molecule is CCOC(=O)c1cn(C)c(C(O)c2ccc(Cl)cc2)c1C(=O)OCC. The monoisotopic (exact) mass is 365 g/mol. The Morgan fingerprint density at radius 1 is 1.12 bits per heavy atom. The van der Waals surface area contributed by atoms with E-state index in [-0.39, 0.29) is 30.0 Å². The molecule has 1 heterocycles. The molecule has 1 aromatic heterocycles. The number of hydrogen-bond acceptors (Lipinski definition) is 5. The lowest BCUT2D eigenvalue weighted by Crippen LogP contribution is -2.16. The molecule has 0 bridgehead atoms. The lowest BCUT2D eigenvalue weighted by atomic mass is 10.0. The molecule has 2 rings (SSSR count). The second-order valence-electron chi connectivity index (χ2n) is 5.31. The van der Waals surface area contributed by atoms with Gasteiger partial charge in [-0.25, -0.2) is 9.59 Å². The molecule has 1 aromatic carbocycles. The van der Waals surface area contributed by atoms with Crippen LogP contribution in [-0.4, -0.2) is 34.8 Å². The first kappa shape index (κ1) is 19.0. The Kier molecular flexibility index (Phi) is 6.22. The van der Waals surface area contributed by atoms with Gasteiger partial charge < -0.3 is 19.1 Å². The summed E-state index contributed by atoms with van der Waals surface area (Å²) in [4.78, 5) is 24.6. The maximum absolute atomic E-state index is 12.4. The van der Waals surface area contributed by atoms with E-state index in [1.54, 1.807) is 45.2 Å². The van der Waals surface area contributed by atoms with Crippen LogP contribution in [0.15, 0.2) is 30.5 Å². The first-order chi connectivity index (χ1) is 11.9. The number of ether oxygens (including phenoxy) is 2. The fourth-order valence-corrected chi connectivity index (χ4v) is 2.68. The number of hydrogen-bond donors (Lipinski definition) is 1. The number of rotatable bonds is 6. The summed E-state index contributed by atoms with van der Waals surface area (Å²) < 4.78 is 11.6. The standard InChI is InChI=1S/C18H20ClNO5/c1-4-24-17(22)13-10-20(3)15(14(13)18(23)25-5-2)16(21)11-6-8-12(19)9-7-11/h6-10,16,21H,4-5H2,1-3H3.